The number of hydrogen-bond donors (Lipinski definition) is 1. The van der Waals surface area contributed by atoms with E-state index in [0.717, 1.165) is 19.3 Å². The molecule has 0 amide bonds. The lowest BCUT2D eigenvalue weighted by Gasteiger charge is -2.46. The molecule has 1 saturated carbocycles. The van der Waals surface area contributed by atoms with Gasteiger partial charge in [-0.05, 0) is 32.1 Å². The van der Waals surface area contributed by atoms with Gasteiger partial charge in [-0.2, -0.15) is 0 Å². The van der Waals surface area contributed by atoms with Gasteiger partial charge in [0.15, 0.2) is 5.78 Å². The summed E-state index contributed by atoms with van der Waals surface area (Å²) >= 11 is 0. The first-order chi connectivity index (χ1) is 6.54. The molecule has 2 nitrogen and oxygen atoms in total. The van der Waals surface area contributed by atoms with Crippen molar-refractivity contribution in [2.75, 3.05) is 0 Å². The second-order valence-corrected chi connectivity index (χ2v) is 5.07. The van der Waals surface area contributed by atoms with Crippen molar-refractivity contribution in [2.24, 2.45) is 11.3 Å². The van der Waals surface area contributed by atoms with Crippen molar-refractivity contribution in [1.29, 1.82) is 0 Å². The molecule has 14 heavy (non-hydrogen) atoms. The Morgan fingerprint density at radius 1 is 1.57 bits per heavy atom. The highest BCUT2D eigenvalue weighted by molar-refractivity contribution is 5.84. The van der Waals surface area contributed by atoms with Crippen LogP contribution in [0.3, 0.4) is 0 Å². The van der Waals surface area contributed by atoms with Crippen molar-refractivity contribution < 1.29 is 9.90 Å². The standard InChI is InChI=1S/C12H18O2/c1-8-3-4-9-5-6-10(13)11(14)12(9,2)7-8/h3,9,11,14H,4-7H2,1-2H3/t9-,11+,12+/m0/s1. The second kappa shape index (κ2) is 3.20. The maximum Gasteiger partial charge on any atom is 0.161 e. The van der Waals surface area contributed by atoms with Crippen LogP contribution in [-0.2, 0) is 4.79 Å². The van der Waals surface area contributed by atoms with Crippen LogP contribution in [0.5, 0.6) is 0 Å². The Bertz CT molecular complexity index is 293. The summed E-state index contributed by atoms with van der Waals surface area (Å²) in [6.45, 7) is 4.16. The van der Waals surface area contributed by atoms with Gasteiger partial charge in [0.1, 0.15) is 6.10 Å². The highest BCUT2D eigenvalue weighted by atomic mass is 16.3. The third kappa shape index (κ3) is 1.33. The quantitative estimate of drug-likeness (QED) is 0.599. The van der Waals surface area contributed by atoms with Gasteiger partial charge in [0.2, 0.25) is 0 Å². The first kappa shape index (κ1) is 9.91. The van der Waals surface area contributed by atoms with E-state index in [2.05, 4.69) is 19.9 Å². The molecule has 0 aromatic heterocycles. The molecule has 2 aliphatic rings. The summed E-state index contributed by atoms with van der Waals surface area (Å²) < 4.78 is 0. The predicted molar refractivity (Wildman–Crippen MR) is 54.8 cm³/mol. The van der Waals surface area contributed by atoms with Crippen LogP contribution in [0.1, 0.15) is 39.5 Å². The average Bonchev–Trinajstić information content (AvgIpc) is 2.13. The molecule has 0 aliphatic heterocycles. The summed E-state index contributed by atoms with van der Waals surface area (Å²) in [5, 5.41) is 9.97. The Kier molecular flexibility index (Phi) is 2.26. The normalized spacial score (nSPS) is 43.1. The summed E-state index contributed by atoms with van der Waals surface area (Å²) in [5.41, 5.74) is 1.13. The lowest BCUT2D eigenvalue weighted by atomic mass is 9.59. The van der Waals surface area contributed by atoms with E-state index < -0.39 is 6.10 Å². The second-order valence-electron chi connectivity index (χ2n) is 5.07. The Hall–Kier alpha value is -0.630. The summed E-state index contributed by atoms with van der Waals surface area (Å²) in [6.07, 6.45) is 4.96. The maximum absolute atomic E-state index is 11.5. The van der Waals surface area contributed by atoms with Crippen molar-refractivity contribution in [2.45, 2.75) is 45.6 Å². The monoisotopic (exact) mass is 194 g/mol. The van der Waals surface area contributed by atoms with Gasteiger partial charge >= 0.3 is 0 Å². The number of rotatable bonds is 0. The molecule has 0 saturated heterocycles. The third-order valence-corrected chi connectivity index (χ3v) is 4.01. The molecule has 0 radical (unpaired) electrons. The molecule has 2 aliphatic carbocycles. The highest BCUT2D eigenvalue weighted by Gasteiger charge is 2.47. The Morgan fingerprint density at radius 3 is 3.00 bits per heavy atom. The smallest absolute Gasteiger partial charge is 0.161 e. The molecule has 3 atom stereocenters. The van der Waals surface area contributed by atoms with Gasteiger partial charge in [-0.25, -0.2) is 0 Å². The topological polar surface area (TPSA) is 37.3 Å². The molecule has 0 aromatic carbocycles. The van der Waals surface area contributed by atoms with Gasteiger partial charge in [-0.3, -0.25) is 4.79 Å². The zero-order valence-corrected chi connectivity index (χ0v) is 8.92. The van der Waals surface area contributed by atoms with Crippen LogP contribution < -0.4 is 0 Å². The number of allylic oxidation sites excluding steroid dienone is 2. The molecule has 0 bridgehead atoms. The number of fused-ring (bicyclic) bond motifs is 1. The fourth-order valence-corrected chi connectivity index (χ4v) is 3.02. The fraction of sp³-hybridized carbons (Fsp3) is 0.750. The largest absolute Gasteiger partial charge is 0.385 e. The van der Waals surface area contributed by atoms with E-state index in [9.17, 15) is 9.90 Å². The number of ketones is 1. The van der Waals surface area contributed by atoms with Crippen LogP contribution in [0.2, 0.25) is 0 Å². The molecule has 2 rings (SSSR count). The molecule has 0 heterocycles. The van der Waals surface area contributed by atoms with E-state index in [1.54, 1.807) is 0 Å². The van der Waals surface area contributed by atoms with Gasteiger partial charge in [0.25, 0.3) is 0 Å². The zero-order chi connectivity index (χ0) is 10.3. The predicted octanol–water partition coefficient (Wildman–Crippen LogP) is 2.07. The van der Waals surface area contributed by atoms with E-state index in [0.29, 0.717) is 12.3 Å². The van der Waals surface area contributed by atoms with E-state index in [4.69, 9.17) is 0 Å². The molecule has 0 aromatic rings. The minimum absolute atomic E-state index is 0.0402. The number of aliphatic hydroxyl groups is 1. The van der Waals surface area contributed by atoms with Crippen LogP contribution in [0.25, 0.3) is 0 Å². The lowest BCUT2D eigenvalue weighted by molar-refractivity contribution is -0.143. The zero-order valence-electron chi connectivity index (χ0n) is 8.92. The van der Waals surface area contributed by atoms with Gasteiger partial charge in [0.05, 0.1) is 0 Å². The van der Waals surface area contributed by atoms with Crippen LogP contribution in [0, 0.1) is 11.3 Å². The van der Waals surface area contributed by atoms with Crippen molar-refractivity contribution in [3.63, 3.8) is 0 Å². The Balaban J connectivity index is 2.30. The van der Waals surface area contributed by atoms with Crippen molar-refractivity contribution in [3.05, 3.63) is 11.6 Å². The van der Waals surface area contributed by atoms with Crippen LogP contribution in [-0.4, -0.2) is 17.0 Å². The van der Waals surface area contributed by atoms with Crippen molar-refractivity contribution in [1.82, 2.24) is 0 Å². The number of carbonyl (C=O) groups excluding carboxylic acids is 1. The molecule has 0 spiro atoms. The SMILES string of the molecule is CC1=CC[C@H]2CCC(=O)[C@@H](O)[C@]2(C)C1. The molecule has 2 heteroatoms. The summed E-state index contributed by atoms with van der Waals surface area (Å²) in [4.78, 5) is 11.5. The molecular weight excluding hydrogens is 176 g/mol. The van der Waals surface area contributed by atoms with Crippen molar-refractivity contribution in [3.8, 4) is 0 Å². The highest BCUT2D eigenvalue weighted by Crippen LogP contribution is 2.48. The number of aliphatic hydroxyl groups excluding tert-OH is 1. The summed E-state index contributed by atoms with van der Waals surface area (Å²) in [5.74, 6) is 0.539. The number of carbonyl (C=O) groups is 1. The van der Waals surface area contributed by atoms with Gasteiger partial charge < -0.3 is 5.11 Å². The minimum atomic E-state index is -0.732. The van der Waals surface area contributed by atoms with E-state index in [1.165, 1.54) is 5.57 Å². The van der Waals surface area contributed by atoms with Gasteiger partial charge in [-0.15, -0.1) is 0 Å². The lowest BCUT2D eigenvalue weighted by Crippen LogP contribution is -2.49. The van der Waals surface area contributed by atoms with Crippen LogP contribution >= 0.6 is 0 Å². The molecular formula is C12H18O2. The van der Waals surface area contributed by atoms with E-state index in [1.807, 2.05) is 0 Å². The molecule has 0 unspecified atom stereocenters. The average molecular weight is 194 g/mol. The summed E-state index contributed by atoms with van der Waals surface area (Å²) in [6, 6.07) is 0. The number of hydrogen-bond acceptors (Lipinski definition) is 2. The van der Waals surface area contributed by atoms with Gasteiger partial charge in [-0.1, -0.05) is 18.6 Å². The molecule has 1 fully saturated rings. The maximum atomic E-state index is 11.5. The third-order valence-electron chi connectivity index (χ3n) is 4.01. The molecule has 78 valence electrons. The van der Waals surface area contributed by atoms with Crippen LogP contribution in [0.15, 0.2) is 11.6 Å². The fourth-order valence-electron chi connectivity index (χ4n) is 3.02. The molecule has 1 N–H and O–H groups in total. The first-order valence-corrected chi connectivity index (χ1v) is 5.40. The first-order valence-electron chi connectivity index (χ1n) is 5.40. The van der Waals surface area contributed by atoms with Crippen LogP contribution in [0.4, 0.5) is 0 Å². The van der Waals surface area contributed by atoms with Gasteiger partial charge in [0, 0.05) is 11.8 Å². The van der Waals surface area contributed by atoms with E-state index in [-0.39, 0.29) is 11.2 Å². The Morgan fingerprint density at radius 2 is 2.29 bits per heavy atom. The Labute approximate surface area is 85.0 Å². The summed E-state index contributed by atoms with van der Waals surface area (Å²) in [7, 11) is 0. The minimum Gasteiger partial charge on any atom is -0.385 e. The van der Waals surface area contributed by atoms with Crippen molar-refractivity contribution >= 4 is 5.78 Å². The number of Topliss-reactive ketones (excluding diaryl/α,β-unsaturated/α-hetero) is 1. The van der Waals surface area contributed by atoms with E-state index >= 15 is 0 Å².